The van der Waals surface area contributed by atoms with Crippen LogP contribution < -0.4 is 11.5 Å². The number of hydrogen-bond donors (Lipinski definition) is 2. The molecular formula is C14H28N2O4. The highest BCUT2D eigenvalue weighted by Crippen LogP contribution is 2.26. The van der Waals surface area contributed by atoms with Crippen LogP contribution in [0.3, 0.4) is 0 Å². The molecule has 20 heavy (non-hydrogen) atoms. The quantitative estimate of drug-likeness (QED) is 0.495. The molecule has 0 aliphatic heterocycles. The van der Waals surface area contributed by atoms with E-state index in [9.17, 15) is 9.59 Å². The van der Waals surface area contributed by atoms with Crippen molar-refractivity contribution in [3.05, 3.63) is 0 Å². The Morgan fingerprint density at radius 2 is 1.55 bits per heavy atom. The lowest BCUT2D eigenvalue weighted by Crippen LogP contribution is -2.47. The van der Waals surface area contributed by atoms with Crippen LogP contribution in [-0.4, -0.2) is 37.2 Å². The first-order valence-electron chi connectivity index (χ1n) is 7.28. The highest BCUT2D eigenvalue weighted by molar-refractivity contribution is 5.83. The van der Waals surface area contributed by atoms with Gasteiger partial charge in [-0.05, 0) is 12.8 Å². The van der Waals surface area contributed by atoms with Crippen molar-refractivity contribution >= 4 is 11.8 Å². The lowest BCUT2D eigenvalue weighted by atomic mass is 9.90. The van der Waals surface area contributed by atoms with Crippen LogP contribution in [0.5, 0.6) is 0 Å². The van der Waals surface area contributed by atoms with E-state index in [4.69, 9.17) is 20.9 Å². The summed E-state index contributed by atoms with van der Waals surface area (Å²) >= 11 is 0. The van der Waals surface area contributed by atoms with Gasteiger partial charge in [0.15, 0.2) is 0 Å². The van der Waals surface area contributed by atoms with Crippen LogP contribution in [0, 0.1) is 0 Å². The van der Waals surface area contributed by atoms with Crippen molar-refractivity contribution in [3.8, 4) is 0 Å². The monoisotopic (exact) mass is 288 g/mol. The number of unbranched alkanes of at least 4 members (excludes halogenated alkanes) is 2. The minimum Gasteiger partial charge on any atom is -0.369 e. The minimum atomic E-state index is -0.915. The highest BCUT2D eigenvalue weighted by atomic mass is 16.5. The molecule has 2 amide bonds. The van der Waals surface area contributed by atoms with Gasteiger partial charge in [-0.25, -0.2) is 0 Å². The SMILES string of the molecule is CCCCC(CCCC)(OCCOCC(N)=O)C(N)=O. The van der Waals surface area contributed by atoms with Crippen LogP contribution in [0.2, 0.25) is 0 Å². The molecule has 0 aromatic carbocycles. The van der Waals surface area contributed by atoms with Crippen LogP contribution in [-0.2, 0) is 19.1 Å². The number of carbonyl (C=O) groups excluding carboxylic acids is 2. The van der Waals surface area contributed by atoms with Crippen molar-refractivity contribution in [1.82, 2.24) is 0 Å². The zero-order valence-electron chi connectivity index (χ0n) is 12.7. The molecule has 0 heterocycles. The Balaban J connectivity index is 4.40. The first-order chi connectivity index (χ1) is 9.48. The maximum Gasteiger partial charge on any atom is 0.249 e. The molecule has 0 saturated carbocycles. The molecular weight excluding hydrogens is 260 g/mol. The standard InChI is InChI=1S/C14H28N2O4/c1-3-5-7-14(13(16)18,8-6-4-2)20-10-9-19-11-12(15)17/h3-11H2,1-2H3,(H2,15,17)(H2,16,18). The van der Waals surface area contributed by atoms with E-state index in [1.165, 1.54) is 0 Å². The van der Waals surface area contributed by atoms with Gasteiger partial charge in [0.1, 0.15) is 12.2 Å². The summed E-state index contributed by atoms with van der Waals surface area (Å²) in [5.41, 5.74) is 9.58. The third kappa shape index (κ3) is 7.45. The summed E-state index contributed by atoms with van der Waals surface area (Å²) in [7, 11) is 0. The summed E-state index contributed by atoms with van der Waals surface area (Å²) < 4.78 is 10.8. The van der Waals surface area contributed by atoms with E-state index in [0.717, 1.165) is 25.7 Å². The van der Waals surface area contributed by atoms with E-state index in [-0.39, 0.29) is 19.8 Å². The number of hydrogen-bond acceptors (Lipinski definition) is 4. The molecule has 0 spiro atoms. The van der Waals surface area contributed by atoms with Crippen LogP contribution in [0.25, 0.3) is 0 Å². The third-order valence-corrected chi connectivity index (χ3v) is 3.17. The van der Waals surface area contributed by atoms with Crippen LogP contribution in [0.1, 0.15) is 52.4 Å². The molecule has 0 aromatic rings. The second kappa shape index (κ2) is 10.6. The van der Waals surface area contributed by atoms with E-state index >= 15 is 0 Å². The number of nitrogens with two attached hydrogens (primary N) is 2. The summed E-state index contributed by atoms with van der Waals surface area (Å²) in [6, 6.07) is 0. The Morgan fingerprint density at radius 1 is 1.00 bits per heavy atom. The molecule has 0 fully saturated rings. The van der Waals surface area contributed by atoms with Gasteiger partial charge in [-0.1, -0.05) is 39.5 Å². The first kappa shape index (κ1) is 18.9. The normalized spacial score (nSPS) is 11.5. The molecule has 6 nitrogen and oxygen atoms in total. The summed E-state index contributed by atoms with van der Waals surface area (Å²) in [5, 5.41) is 0. The summed E-state index contributed by atoms with van der Waals surface area (Å²) in [6.07, 6.45) is 4.96. The second-order valence-corrected chi connectivity index (χ2v) is 4.93. The van der Waals surface area contributed by atoms with Gasteiger partial charge in [0.2, 0.25) is 11.8 Å². The van der Waals surface area contributed by atoms with Gasteiger partial charge >= 0.3 is 0 Å². The van der Waals surface area contributed by atoms with Crippen molar-refractivity contribution in [2.75, 3.05) is 19.8 Å². The van der Waals surface area contributed by atoms with Gasteiger partial charge in [-0.15, -0.1) is 0 Å². The molecule has 0 bridgehead atoms. The predicted octanol–water partition coefficient (Wildman–Crippen LogP) is 1.11. The largest absolute Gasteiger partial charge is 0.369 e. The molecule has 0 aliphatic carbocycles. The number of amides is 2. The Morgan fingerprint density at radius 3 is 1.95 bits per heavy atom. The Labute approximate surface area is 121 Å². The fourth-order valence-electron chi connectivity index (χ4n) is 1.98. The fraction of sp³-hybridized carbons (Fsp3) is 0.857. The van der Waals surface area contributed by atoms with Gasteiger partial charge in [0.05, 0.1) is 13.2 Å². The van der Waals surface area contributed by atoms with E-state index in [1.54, 1.807) is 0 Å². The van der Waals surface area contributed by atoms with Crippen LogP contribution in [0.4, 0.5) is 0 Å². The van der Waals surface area contributed by atoms with Gasteiger partial charge < -0.3 is 20.9 Å². The minimum absolute atomic E-state index is 0.142. The molecule has 0 aliphatic rings. The fourth-order valence-corrected chi connectivity index (χ4v) is 1.98. The first-order valence-corrected chi connectivity index (χ1v) is 7.28. The van der Waals surface area contributed by atoms with Crippen molar-refractivity contribution in [2.24, 2.45) is 11.5 Å². The maximum atomic E-state index is 11.8. The molecule has 0 radical (unpaired) electrons. The molecule has 118 valence electrons. The number of ether oxygens (including phenoxy) is 2. The smallest absolute Gasteiger partial charge is 0.249 e. The Hall–Kier alpha value is -1.14. The van der Waals surface area contributed by atoms with Gasteiger partial charge in [-0.3, -0.25) is 9.59 Å². The van der Waals surface area contributed by atoms with E-state index in [0.29, 0.717) is 12.8 Å². The average molecular weight is 288 g/mol. The van der Waals surface area contributed by atoms with Gasteiger partial charge in [0.25, 0.3) is 0 Å². The summed E-state index contributed by atoms with van der Waals surface area (Å²) in [6.45, 7) is 4.42. The number of primary amides is 2. The van der Waals surface area contributed by atoms with E-state index < -0.39 is 17.4 Å². The van der Waals surface area contributed by atoms with Crippen LogP contribution in [0.15, 0.2) is 0 Å². The van der Waals surface area contributed by atoms with E-state index in [1.807, 2.05) is 0 Å². The molecule has 0 atom stereocenters. The number of rotatable bonds is 13. The second-order valence-electron chi connectivity index (χ2n) is 4.93. The summed E-state index contributed by atoms with van der Waals surface area (Å²) in [5.74, 6) is -0.947. The topological polar surface area (TPSA) is 105 Å². The van der Waals surface area contributed by atoms with Crippen molar-refractivity contribution in [3.63, 3.8) is 0 Å². The van der Waals surface area contributed by atoms with Crippen molar-refractivity contribution in [1.29, 1.82) is 0 Å². The molecule has 0 saturated heterocycles. The van der Waals surface area contributed by atoms with Gasteiger partial charge in [0, 0.05) is 0 Å². The van der Waals surface area contributed by atoms with Gasteiger partial charge in [-0.2, -0.15) is 0 Å². The maximum absolute atomic E-state index is 11.8. The predicted molar refractivity (Wildman–Crippen MR) is 76.9 cm³/mol. The zero-order chi connectivity index (χ0) is 15.4. The molecule has 0 unspecified atom stereocenters. The average Bonchev–Trinajstić information content (AvgIpc) is 2.40. The lowest BCUT2D eigenvalue weighted by molar-refractivity contribution is -0.149. The lowest BCUT2D eigenvalue weighted by Gasteiger charge is -2.31. The molecule has 0 rings (SSSR count). The Kier molecular flexibility index (Phi) is 10.0. The third-order valence-electron chi connectivity index (χ3n) is 3.17. The van der Waals surface area contributed by atoms with Crippen molar-refractivity contribution in [2.45, 2.75) is 58.0 Å². The zero-order valence-corrected chi connectivity index (χ0v) is 12.7. The van der Waals surface area contributed by atoms with Crippen molar-refractivity contribution < 1.29 is 19.1 Å². The molecule has 0 aromatic heterocycles. The molecule has 4 N–H and O–H groups in total. The number of carbonyl (C=O) groups is 2. The molecule has 6 heteroatoms. The van der Waals surface area contributed by atoms with Crippen LogP contribution >= 0.6 is 0 Å². The highest BCUT2D eigenvalue weighted by Gasteiger charge is 2.36. The van der Waals surface area contributed by atoms with E-state index in [2.05, 4.69) is 13.8 Å². The summed E-state index contributed by atoms with van der Waals surface area (Å²) in [4.78, 5) is 22.3. The Bertz CT molecular complexity index is 287.